The van der Waals surface area contributed by atoms with E-state index >= 15 is 0 Å². The molecule has 0 radical (unpaired) electrons. The lowest BCUT2D eigenvalue weighted by Gasteiger charge is -2.14. The smallest absolute Gasteiger partial charge is 0.216 e. The number of fused-ring (bicyclic) bond motifs is 2. The fraction of sp³-hybridized carbons (Fsp3) is 0.100. The van der Waals surface area contributed by atoms with Gasteiger partial charge in [0.2, 0.25) is 5.95 Å². The van der Waals surface area contributed by atoms with E-state index < -0.39 is 6.10 Å². The highest BCUT2D eigenvalue weighted by Crippen LogP contribution is 2.27. The van der Waals surface area contributed by atoms with Crippen molar-refractivity contribution in [2.24, 2.45) is 0 Å². The largest absolute Gasteiger partial charge is 0.380 e. The van der Waals surface area contributed by atoms with Crippen LogP contribution in [0.1, 0.15) is 23.2 Å². The number of aromatic nitrogens is 6. The predicted octanol–water partition coefficient (Wildman–Crippen LogP) is 3.13. The van der Waals surface area contributed by atoms with E-state index in [4.69, 9.17) is 0 Å². The lowest BCUT2D eigenvalue weighted by Crippen LogP contribution is -2.11. The molecule has 4 heterocycles. The number of para-hydroxylation sites is 1. The summed E-state index contributed by atoms with van der Waals surface area (Å²) in [5.74, 6) is 1.45. The lowest BCUT2D eigenvalue weighted by molar-refractivity contribution is 0.211. The fourth-order valence-corrected chi connectivity index (χ4v) is 3.24. The van der Waals surface area contributed by atoms with E-state index in [2.05, 4.69) is 30.5 Å². The predicted molar refractivity (Wildman–Crippen MR) is 105 cm³/mol. The number of pyridine rings is 1. The molecule has 0 bridgehead atoms. The van der Waals surface area contributed by atoms with Crippen molar-refractivity contribution in [1.82, 2.24) is 29.5 Å². The molecule has 0 aliphatic carbocycles. The average molecular weight is 371 g/mol. The Bertz CT molecular complexity index is 1280. The lowest BCUT2D eigenvalue weighted by atomic mass is 10.0. The van der Waals surface area contributed by atoms with Crippen LogP contribution in [-0.2, 0) is 0 Å². The number of aromatic amines is 1. The minimum atomic E-state index is -1.01. The molecule has 0 aliphatic heterocycles. The molecule has 4 aromatic heterocycles. The van der Waals surface area contributed by atoms with Gasteiger partial charge in [0.25, 0.3) is 0 Å². The van der Waals surface area contributed by atoms with Crippen LogP contribution in [0.25, 0.3) is 16.6 Å². The summed E-state index contributed by atoms with van der Waals surface area (Å²) in [6, 6.07) is 15.1. The van der Waals surface area contributed by atoms with Gasteiger partial charge >= 0.3 is 0 Å². The van der Waals surface area contributed by atoms with Crippen molar-refractivity contribution in [3.05, 3.63) is 78.0 Å². The van der Waals surface area contributed by atoms with Gasteiger partial charge in [0.1, 0.15) is 11.8 Å². The average Bonchev–Trinajstić information content (AvgIpc) is 3.35. The first kappa shape index (κ1) is 16.4. The Balaban J connectivity index is 1.62. The van der Waals surface area contributed by atoms with Gasteiger partial charge in [-0.15, -0.1) is 0 Å². The molecule has 1 atom stereocenters. The van der Waals surface area contributed by atoms with Crippen molar-refractivity contribution in [2.75, 3.05) is 5.32 Å². The van der Waals surface area contributed by atoms with E-state index in [1.807, 2.05) is 66.1 Å². The van der Waals surface area contributed by atoms with Crippen molar-refractivity contribution in [3.8, 4) is 0 Å². The number of hydrogen-bond acceptors (Lipinski definition) is 6. The highest BCUT2D eigenvalue weighted by atomic mass is 16.3. The summed E-state index contributed by atoms with van der Waals surface area (Å²) >= 11 is 0. The Labute approximate surface area is 159 Å². The summed E-state index contributed by atoms with van der Waals surface area (Å²) in [6.45, 7) is 1.92. The molecule has 0 aliphatic rings. The zero-order valence-electron chi connectivity index (χ0n) is 15.0. The third kappa shape index (κ3) is 2.76. The maximum Gasteiger partial charge on any atom is 0.216 e. The number of nitrogens with one attached hydrogen (secondary N) is 2. The van der Waals surface area contributed by atoms with Crippen LogP contribution in [0.15, 0.2) is 60.9 Å². The monoisotopic (exact) mass is 371 g/mol. The van der Waals surface area contributed by atoms with E-state index in [1.54, 1.807) is 6.20 Å². The van der Waals surface area contributed by atoms with Crippen LogP contribution in [0.3, 0.4) is 0 Å². The van der Waals surface area contributed by atoms with Crippen LogP contribution in [-0.4, -0.2) is 34.7 Å². The van der Waals surface area contributed by atoms with Crippen molar-refractivity contribution >= 4 is 28.3 Å². The molecule has 3 N–H and O–H groups in total. The number of anilines is 2. The molecule has 28 heavy (non-hydrogen) atoms. The SMILES string of the molecule is Cc1cc(Nc2nc(C(O)c3cccc4cccnc34)nc3cccn23)n[nH]1. The molecular formula is C20H17N7O. The van der Waals surface area contributed by atoms with E-state index in [1.165, 1.54) is 0 Å². The summed E-state index contributed by atoms with van der Waals surface area (Å²) in [4.78, 5) is 13.5. The van der Waals surface area contributed by atoms with Crippen molar-refractivity contribution in [3.63, 3.8) is 0 Å². The van der Waals surface area contributed by atoms with E-state index in [0.717, 1.165) is 16.6 Å². The second-order valence-corrected chi connectivity index (χ2v) is 6.53. The molecule has 0 saturated heterocycles. The Hall–Kier alpha value is -3.78. The van der Waals surface area contributed by atoms with Gasteiger partial charge < -0.3 is 10.4 Å². The standard InChI is InChI=1S/C20H17N7O/c1-12-11-15(26-25-12)22-20-24-19(23-16-8-4-10-27(16)20)18(28)14-7-2-5-13-6-3-9-21-17(13)14/h2-11,18,28H,1H3,(H2,22,23,24,25,26). The van der Waals surface area contributed by atoms with Gasteiger partial charge in [0.05, 0.1) is 5.52 Å². The summed E-state index contributed by atoms with van der Waals surface area (Å²) in [7, 11) is 0. The van der Waals surface area contributed by atoms with E-state index in [0.29, 0.717) is 28.8 Å². The minimum Gasteiger partial charge on any atom is -0.380 e. The quantitative estimate of drug-likeness (QED) is 0.448. The van der Waals surface area contributed by atoms with Gasteiger partial charge in [0, 0.05) is 35.1 Å². The van der Waals surface area contributed by atoms with Crippen LogP contribution < -0.4 is 5.32 Å². The number of aliphatic hydroxyl groups excluding tert-OH is 1. The molecule has 1 aromatic carbocycles. The molecule has 8 heteroatoms. The highest BCUT2D eigenvalue weighted by Gasteiger charge is 2.20. The Morgan fingerprint density at radius 1 is 1.11 bits per heavy atom. The number of H-pyrrole nitrogens is 1. The van der Waals surface area contributed by atoms with Crippen molar-refractivity contribution in [1.29, 1.82) is 0 Å². The summed E-state index contributed by atoms with van der Waals surface area (Å²) in [6.07, 6.45) is 2.55. The number of rotatable bonds is 4. The third-order valence-corrected chi connectivity index (χ3v) is 4.55. The summed E-state index contributed by atoms with van der Waals surface area (Å²) < 4.78 is 1.81. The number of aliphatic hydroxyl groups is 1. The molecule has 1 unspecified atom stereocenters. The maximum atomic E-state index is 11.1. The third-order valence-electron chi connectivity index (χ3n) is 4.55. The molecule has 0 saturated carbocycles. The highest BCUT2D eigenvalue weighted by molar-refractivity contribution is 5.82. The minimum absolute atomic E-state index is 0.291. The van der Waals surface area contributed by atoms with Crippen LogP contribution in [0, 0.1) is 6.92 Å². The summed E-state index contributed by atoms with van der Waals surface area (Å²) in [5, 5.41) is 22.3. The Morgan fingerprint density at radius 3 is 2.86 bits per heavy atom. The van der Waals surface area contributed by atoms with Gasteiger partial charge in [-0.25, -0.2) is 4.98 Å². The Kier molecular flexibility index (Phi) is 3.77. The second-order valence-electron chi connectivity index (χ2n) is 6.53. The number of hydrogen-bond donors (Lipinski definition) is 3. The molecule has 0 amide bonds. The van der Waals surface area contributed by atoms with Gasteiger partial charge in [-0.1, -0.05) is 24.3 Å². The van der Waals surface area contributed by atoms with Gasteiger partial charge in [-0.3, -0.25) is 14.5 Å². The second kappa shape index (κ2) is 6.43. The van der Waals surface area contributed by atoms with E-state index in [9.17, 15) is 5.11 Å². The van der Waals surface area contributed by atoms with E-state index in [-0.39, 0.29) is 0 Å². The number of benzene rings is 1. The van der Waals surface area contributed by atoms with Crippen LogP contribution in [0.4, 0.5) is 11.8 Å². The van der Waals surface area contributed by atoms with Crippen LogP contribution in [0.5, 0.6) is 0 Å². The maximum absolute atomic E-state index is 11.1. The summed E-state index contributed by atoms with van der Waals surface area (Å²) in [5.41, 5.74) is 3.00. The first-order valence-electron chi connectivity index (χ1n) is 8.85. The first-order valence-corrected chi connectivity index (χ1v) is 8.85. The molecule has 138 valence electrons. The Morgan fingerprint density at radius 2 is 2.00 bits per heavy atom. The van der Waals surface area contributed by atoms with Crippen LogP contribution in [0.2, 0.25) is 0 Å². The zero-order valence-corrected chi connectivity index (χ0v) is 15.0. The van der Waals surface area contributed by atoms with Gasteiger partial charge in [-0.05, 0) is 25.1 Å². The molecular weight excluding hydrogens is 354 g/mol. The fourth-order valence-electron chi connectivity index (χ4n) is 3.24. The molecule has 0 spiro atoms. The molecule has 5 aromatic rings. The van der Waals surface area contributed by atoms with Gasteiger partial charge in [0.15, 0.2) is 11.6 Å². The molecule has 8 nitrogen and oxygen atoms in total. The number of aryl methyl sites for hydroxylation is 1. The van der Waals surface area contributed by atoms with Crippen molar-refractivity contribution in [2.45, 2.75) is 13.0 Å². The molecule has 0 fully saturated rings. The van der Waals surface area contributed by atoms with Crippen LogP contribution >= 0.6 is 0 Å². The normalized spacial score (nSPS) is 12.5. The first-order chi connectivity index (χ1) is 13.7. The van der Waals surface area contributed by atoms with Gasteiger partial charge in [-0.2, -0.15) is 10.1 Å². The number of nitrogens with zero attached hydrogens (tertiary/aromatic N) is 5. The zero-order chi connectivity index (χ0) is 19.1. The van der Waals surface area contributed by atoms with Crippen molar-refractivity contribution < 1.29 is 5.11 Å². The topological polar surface area (TPSA) is 104 Å². The molecule has 5 rings (SSSR count).